The molecule has 5 nitrogen and oxygen atoms in total. The van der Waals surface area contributed by atoms with Gasteiger partial charge in [0, 0.05) is 17.8 Å². The number of anilines is 1. The predicted octanol–water partition coefficient (Wildman–Crippen LogP) is 1.77. The molecule has 2 fully saturated rings. The summed E-state index contributed by atoms with van der Waals surface area (Å²) in [6.45, 7) is 1.86. The third kappa shape index (κ3) is 2.29. The summed E-state index contributed by atoms with van der Waals surface area (Å²) in [6, 6.07) is 5.55. The van der Waals surface area contributed by atoms with Crippen LogP contribution in [0.4, 0.5) is 5.69 Å². The van der Waals surface area contributed by atoms with E-state index < -0.39 is 5.97 Å². The number of aryl methyl sites for hydroxylation is 1. The molecule has 0 aromatic heterocycles. The van der Waals surface area contributed by atoms with Gasteiger partial charge in [0.15, 0.2) is 0 Å². The zero-order valence-corrected chi connectivity index (χ0v) is 11.3. The lowest BCUT2D eigenvalue weighted by molar-refractivity contribution is -0.120. The number of fused-ring (bicyclic) bond motifs is 2. The number of carbonyl (C=O) groups is 2. The molecule has 3 unspecified atom stereocenters. The Bertz CT molecular complexity index is 570. The fourth-order valence-corrected chi connectivity index (χ4v) is 3.23. The summed E-state index contributed by atoms with van der Waals surface area (Å²) in [5.41, 5.74) is 1.66. The molecule has 5 heteroatoms. The van der Waals surface area contributed by atoms with E-state index in [0.29, 0.717) is 11.7 Å². The van der Waals surface area contributed by atoms with Gasteiger partial charge in [0.05, 0.1) is 11.5 Å². The summed E-state index contributed by atoms with van der Waals surface area (Å²) in [6.07, 6.45) is 3.09. The van der Waals surface area contributed by atoms with Crippen LogP contribution in [0, 0.1) is 12.8 Å². The molecule has 3 atom stereocenters. The lowest BCUT2D eigenvalue weighted by Gasteiger charge is -2.20. The van der Waals surface area contributed by atoms with E-state index >= 15 is 0 Å². The van der Waals surface area contributed by atoms with Gasteiger partial charge in [0.2, 0.25) is 5.91 Å². The highest BCUT2D eigenvalue weighted by Gasteiger charge is 2.42. The molecule has 2 saturated heterocycles. The fourth-order valence-electron chi connectivity index (χ4n) is 3.23. The van der Waals surface area contributed by atoms with E-state index in [2.05, 4.69) is 10.6 Å². The maximum atomic E-state index is 12.3. The second kappa shape index (κ2) is 4.90. The summed E-state index contributed by atoms with van der Waals surface area (Å²) in [7, 11) is 0. The molecule has 1 amide bonds. The molecule has 0 aliphatic carbocycles. The minimum Gasteiger partial charge on any atom is -0.478 e. The van der Waals surface area contributed by atoms with Crippen LogP contribution in [0.1, 0.15) is 35.2 Å². The molecular weight excluding hydrogens is 256 g/mol. The average molecular weight is 274 g/mol. The minimum absolute atomic E-state index is 0.00151. The van der Waals surface area contributed by atoms with Crippen LogP contribution in [0.25, 0.3) is 0 Å². The van der Waals surface area contributed by atoms with Crippen molar-refractivity contribution in [3.05, 3.63) is 29.3 Å². The van der Waals surface area contributed by atoms with E-state index in [0.717, 1.165) is 24.8 Å². The Labute approximate surface area is 117 Å². The number of amides is 1. The smallest absolute Gasteiger partial charge is 0.335 e. The maximum absolute atomic E-state index is 12.3. The molecule has 1 aromatic rings. The van der Waals surface area contributed by atoms with Crippen LogP contribution >= 0.6 is 0 Å². The molecule has 3 rings (SSSR count). The molecular formula is C15H18N2O3. The molecule has 3 N–H and O–H groups in total. The van der Waals surface area contributed by atoms with Gasteiger partial charge in [0.1, 0.15) is 0 Å². The second-order valence-electron chi connectivity index (χ2n) is 5.71. The number of carbonyl (C=O) groups excluding carboxylic acids is 1. The van der Waals surface area contributed by atoms with E-state index in [1.54, 1.807) is 12.1 Å². The number of benzene rings is 1. The number of carboxylic acids is 1. The average Bonchev–Trinajstić information content (AvgIpc) is 3.03. The maximum Gasteiger partial charge on any atom is 0.335 e. The zero-order valence-electron chi connectivity index (χ0n) is 11.3. The Morgan fingerprint density at radius 2 is 2.15 bits per heavy atom. The summed E-state index contributed by atoms with van der Waals surface area (Å²) in [5, 5.41) is 15.3. The van der Waals surface area contributed by atoms with Crippen molar-refractivity contribution in [3.8, 4) is 0 Å². The highest BCUT2D eigenvalue weighted by molar-refractivity contribution is 5.96. The monoisotopic (exact) mass is 274 g/mol. The summed E-state index contributed by atoms with van der Waals surface area (Å²) in [4.78, 5) is 23.3. The molecule has 1 aromatic carbocycles. The quantitative estimate of drug-likeness (QED) is 0.785. The molecule has 0 saturated carbocycles. The van der Waals surface area contributed by atoms with Crippen molar-refractivity contribution in [2.24, 2.45) is 5.92 Å². The van der Waals surface area contributed by atoms with Crippen LogP contribution in [0.15, 0.2) is 18.2 Å². The van der Waals surface area contributed by atoms with Gasteiger partial charge >= 0.3 is 5.97 Å². The topological polar surface area (TPSA) is 78.4 Å². The predicted molar refractivity (Wildman–Crippen MR) is 74.8 cm³/mol. The number of rotatable bonds is 3. The summed E-state index contributed by atoms with van der Waals surface area (Å²) in [5.74, 6) is -0.987. The highest BCUT2D eigenvalue weighted by Crippen LogP contribution is 2.34. The third-order valence-electron chi connectivity index (χ3n) is 4.38. The first-order valence-electron chi connectivity index (χ1n) is 6.95. The van der Waals surface area contributed by atoms with Gasteiger partial charge in [-0.25, -0.2) is 4.79 Å². The lowest BCUT2D eigenvalue weighted by atomic mass is 9.88. The van der Waals surface area contributed by atoms with Crippen LogP contribution in [-0.2, 0) is 4.79 Å². The van der Waals surface area contributed by atoms with Crippen molar-refractivity contribution in [1.82, 2.24) is 5.32 Å². The first-order chi connectivity index (χ1) is 9.54. The Balaban J connectivity index is 1.75. The highest BCUT2D eigenvalue weighted by atomic mass is 16.4. The zero-order chi connectivity index (χ0) is 14.3. The van der Waals surface area contributed by atoms with Crippen LogP contribution in [0.2, 0.25) is 0 Å². The first-order valence-corrected chi connectivity index (χ1v) is 6.95. The molecule has 0 radical (unpaired) electrons. The molecule has 106 valence electrons. The van der Waals surface area contributed by atoms with Gasteiger partial charge < -0.3 is 15.7 Å². The molecule has 2 bridgehead atoms. The van der Waals surface area contributed by atoms with E-state index in [1.807, 2.05) is 6.92 Å². The number of carboxylic acid groups (broad SMARTS) is 1. The van der Waals surface area contributed by atoms with Crippen LogP contribution in [0.3, 0.4) is 0 Å². The number of nitrogens with one attached hydrogen (secondary N) is 2. The SMILES string of the molecule is Cc1ccc(C(=O)O)cc1NC(=O)C1CC2CCC1N2. The van der Waals surface area contributed by atoms with E-state index in [4.69, 9.17) is 5.11 Å². The van der Waals surface area contributed by atoms with Gasteiger partial charge in [-0.1, -0.05) is 6.07 Å². The van der Waals surface area contributed by atoms with E-state index in [9.17, 15) is 9.59 Å². The van der Waals surface area contributed by atoms with Crippen molar-refractivity contribution in [3.63, 3.8) is 0 Å². The Morgan fingerprint density at radius 3 is 2.75 bits per heavy atom. The molecule has 2 aliphatic heterocycles. The first kappa shape index (κ1) is 13.1. The molecule has 20 heavy (non-hydrogen) atoms. The van der Waals surface area contributed by atoms with Gasteiger partial charge in [-0.05, 0) is 43.9 Å². The second-order valence-corrected chi connectivity index (χ2v) is 5.71. The van der Waals surface area contributed by atoms with Crippen LogP contribution in [-0.4, -0.2) is 29.1 Å². The summed E-state index contributed by atoms with van der Waals surface area (Å²) >= 11 is 0. The van der Waals surface area contributed by atoms with E-state index in [-0.39, 0.29) is 23.4 Å². The largest absolute Gasteiger partial charge is 0.478 e. The van der Waals surface area contributed by atoms with E-state index in [1.165, 1.54) is 6.07 Å². The minimum atomic E-state index is -0.984. The van der Waals surface area contributed by atoms with Crippen molar-refractivity contribution in [2.75, 3.05) is 5.32 Å². The van der Waals surface area contributed by atoms with Gasteiger partial charge in [-0.3, -0.25) is 4.79 Å². The van der Waals surface area contributed by atoms with Crippen LogP contribution in [0.5, 0.6) is 0 Å². The normalized spacial score (nSPS) is 27.6. The van der Waals surface area contributed by atoms with Crippen molar-refractivity contribution < 1.29 is 14.7 Å². The fraction of sp³-hybridized carbons (Fsp3) is 0.467. The Hall–Kier alpha value is -1.88. The Kier molecular flexibility index (Phi) is 3.22. The van der Waals surface area contributed by atoms with Crippen LogP contribution < -0.4 is 10.6 Å². The van der Waals surface area contributed by atoms with Gasteiger partial charge in [0.25, 0.3) is 0 Å². The lowest BCUT2D eigenvalue weighted by Crippen LogP contribution is -2.33. The Morgan fingerprint density at radius 1 is 1.35 bits per heavy atom. The standard InChI is InChI=1S/C15H18N2O3/c1-8-2-3-9(15(19)20)6-13(8)17-14(18)11-7-10-4-5-12(11)16-10/h2-3,6,10-12,16H,4-5,7H2,1H3,(H,17,18)(H,19,20). The van der Waals surface area contributed by atoms with Crippen molar-refractivity contribution in [1.29, 1.82) is 0 Å². The summed E-state index contributed by atoms with van der Waals surface area (Å²) < 4.78 is 0. The third-order valence-corrected chi connectivity index (χ3v) is 4.38. The number of hydrogen-bond acceptors (Lipinski definition) is 3. The molecule has 2 aliphatic rings. The van der Waals surface area contributed by atoms with Gasteiger partial charge in [-0.15, -0.1) is 0 Å². The number of hydrogen-bond donors (Lipinski definition) is 3. The van der Waals surface area contributed by atoms with Crippen molar-refractivity contribution >= 4 is 17.6 Å². The number of aromatic carboxylic acids is 1. The molecule has 0 spiro atoms. The van der Waals surface area contributed by atoms with Crippen molar-refractivity contribution in [2.45, 2.75) is 38.3 Å². The van der Waals surface area contributed by atoms with Gasteiger partial charge in [-0.2, -0.15) is 0 Å². The molecule has 2 heterocycles.